The molecule has 1 amide bonds. The van der Waals surface area contributed by atoms with E-state index < -0.39 is 5.60 Å². The van der Waals surface area contributed by atoms with Crippen molar-refractivity contribution >= 4 is 17.0 Å². The summed E-state index contributed by atoms with van der Waals surface area (Å²) in [5, 5.41) is 8.30. The highest BCUT2D eigenvalue weighted by molar-refractivity contribution is 5.78. The highest BCUT2D eigenvalue weighted by Crippen LogP contribution is 2.13. The van der Waals surface area contributed by atoms with Crippen LogP contribution in [0.25, 0.3) is 10.9 Å². The predicted molar refractivity (Wildman–Crippen MR) is 83.2 cm³/mol. The molecule has 1 aromatic heterocycles. The number of unbranched alkanes of at least 4 members (excludes halogenated alkanes) is 1. The number of amides is 1. The van der Waals surface area contributed by atoms with Crippen LogP contribution in [0.1, 0.15) is 33.6 Å². The van der Waals surface area contributed by atoms with E-state index in [0.717, 1.165) is 30.3 Å². The van der Waals surface area contributed by atoms with Crippen LogP contribution in [0.3, 0.4) is 0 Å². The molecule has 0 spiro atoms. The van der Waals surface area contributed by atoms with E-state index in [9.17, 15) is 4.79 Å². The van der Waals surface area contributed by atoms with Crippen molar-refractivity contribution < 1.29 is 9.53 Å². The standard InChI is InChI=1S/C16H23N3O2/c1-16(2,3)21-15(20)17-10-6-7-11-19-14-9-5-4-8-13(14)12-18-19/h4-5,8-9,12H,6-7,10-11H2,1-3H3,(H,17,20). The SMILES string of the molecule is CC(C)(C)OC(=O)NCCCCn1ncc2ccccc21. The van der Waals surface area contributed by atoms with Crippen LogP contribution in [0.15, 0.2) is 30.5 Å². The summed E-state index contributed by atoms with van der Waals surface area (Å²) >= 11 is 0. The van der Waals surface area contributed by atoms with E-state index in [1.54, 1.807) is 0 Å². The van der Waals surface area contributed by atoms with Crippen molar-refractivity contribution in [2.45, 2.75) is 45.8 Å². The van der Waals surface area contributed by atoms with Gasteiger partial charge >= 0.3 is 6.09 Å². The van der Waals surface area contributed by atoms with E-state index in [2.05, 4.69) is 22.5 Å². The maximum Gasteiger partial charge on any atom is 0.407 e. The van der Waals surface area contributed by atoms with Gasteiger partial charge in [0.05, 0.1) is 11.7 Å². The first kappa shape index (κ1) is 15.4. The summed E-state index contributed by atoms with van der Waals surface area (Å²) in [5.41, 5.74) is 0.704. The van der Waals surface area contributed by atoms with Gasteiger partial charge in [0.2, 0.25) is 0 Å². The van der Waals surface area contributed by atoms with Crippen molar-refractivity contribution in [3.63, 3.8) is 0 Å². The van der Waals surface area contributed by atoms with E-state index in [0.29, 0.717) is 6.54 Å². The molecular formula is C16H23N3O2. The number of carbonyl (C=O) groups is 1. The van der Waals surface area contributed by atoms with Crippen LogP contribution in [-0.2, 0) is 11.3 Å². The number of benzene rings is 1. The number of ether oxygens (including phenoxy) is 1. The third-order valence-electron chi connectivity index (χ3n) is 3.02. The van der Waals surface area contributed by atoms with Gasteiger partial charge in [0.1, 0.15) is 5.60 Å². The minimum absolute atomic E-state index is 0.355. The molecule has 0 aliphatic carbocycles. The van der Waals surface area contributed by atoms with Gasteiger partial charge in [-0.3, -0.25) is 4.68 Å². The van der Waals surface area contributed by atoms with Gasteiger partial charge in [-0.25, -0.2) is 4.79 Å². The summed E-state index contributed by atoms with van der Waals surface area (Å²) in [6.07, 6.45) is 3.38. The van der Waals surface area contributed by atoms with Gasteiger partial charge in [0, 0.05) is 18.5 Å². The molecule has 1 aromatic carbocycles. The number of alkyl carbamates (subject to hydrolysis) is 1. The van der Waals surface area contributed by atoms with Crippen molar-refractivity contribution in [1.29, 1.82) is 0 Å². The molecule has 5 nitrogen and oxygen atoms in total. The first-order valence-electron chi connectivity index (χ1n) is 7.33. The molecule has 114 valence electrons. The number of fused-ring (bicyclic) bond motifs is 1. The number of aryl methyl sites for hydroxylation is 1. The number of carbonyl (C=O) groups excluding carboxylic acids is 1. The molecule has 5 heteroatoms. The topological polar surface area (TPSA) is 56.1 Å². The first-order chi connectivity index (χ1) is 9.96. The fourth-order valence-corrected chi connectivity index (χ4v) is 2.10. The number of para-hydroxylation sites is 1. The predicted octanol–water partition coefficient (Wildman–Crippen LogP) is 3.34. The lowest BCUT2D eigenvalue weighted by Gasteiger charge is -2.19. The lowest BCUT2D eigenvalue weighted by Crippen LogP contribution is -2.33. The van der Waals surface area contributed by atoms with E-state index in [1.807, 2.05) is 43.8 Å². The summed E-state index contributed by atoms with van der Waals surface area (Å²) in [6, 6.07) is 8.16. The number of nitrogens with zero attached hydrogens (tertiary/aromatic N) is 2. The first-order valence-corrected chi connectivity index (χ1v) is 7.33. The minimum Gasteiger partial charge on any atom is -0.444 e. The van der Waals surface area contributed by atoms with Crippen molar-refractivity contribution in [2.24, 2.45) is 0 Å². The molecule has 0 unspecified atom stereocenters. The molecule has 0 bridgehead atoms. The Balaban J connectivity index is 1.70. The van der Waals surface area contributed by atoms with Gasteiger partial charge in [0.25, 0.3) is 0 Å². The maximum atomic E-state index is 11.5. The molecule has 1 heterocycles. The molecular weight excluding hydrogens is 266 g/mol. The van der Waals surface area contributed by atoms with Crippen LogP contribution in [-0.4, -0.2) is 28.0 Å². The number of hydrogen-bond donors (Lipinski definition) is 1. The Morgan fingerprint density at radius 1 is 1.29 bits per heavy atom. The summed E-state index contributed by atoms with van der Waals surface area (Å²) in [6.45, 7) is 7.04. The molecule has 0 saturated heterocycles. The van der Waals surface area contributed by atoms with E-state index in [-0.39, 0.29) is 6.09 Å². The van der Waals surface area contributed by atoms with Crippen LogP contribution < -0.4 is 5.32 Å². The normalized spacial score (nSPS) is 11.6. The number of hydrogen-bond acceptors (Lipinski definition) is 3. The summed E-state index contributed by atoms with van der Waals surface area (Å²) in [5.74, 6) is 0. The highest BCUT2D eigenvalue weighted by Gasteiger charge is 2.15. The van der Waals surface area contributed by atoms with Gasteiger partial charge < -0.3 is 10.1 Å². The lowest BCUT2D eigenvalue weighted by atomic mass is 10.2. The number of nitrogens with one attached hydrogen (secondary N) is 1. The highest BCUT2D eigenvalue weighted by atomic mass is 16.6. The monoisotopic (exact) mass is 289 g/mol. The third-order valence-corrected chi connectivity index (χ3v) is 3.02. The average molecular weight is 289 g/mol. The van der Waals surface area contributed by atoms with E-state index in [1.165, 1.54) is 0 Å². The Morgan fingerprint density at radius 3 is 2.81 bits per heavy atom. The van der Waals surface area contributed by atoms with E-state index in [4.69, 9.17) is 4.74 Å². The van der Waals surface area contributed by atoms with Crippen LogP contribution in [0.4, 0.5) is 4.79 Å². The molecule has 0 saturated carbocycles. The molecule has 0 aliphatic rings. The molecule has 0 fully saturated rings. The Morgan fingerprint density at radius 2 is 2.05 bits per heavy atom. The smallest absolute Gasteiger partial charge is 0.407 e. The van der Waals surface area contributed by atoms with Gasteiger partial charge in [-0.15, -0.1) is 0 Å². The Bertz CT molecular complexity index is 599. The van der Waals surface area contributed by atoms with Crippen molar-refractivity contribution in [3.05, 3.63) is 30.5 Å². The second kappa shape index (κ2) is 6.61. The molecule has 2 aromatic rings. The molecule has 0 radical (unpaired) electrons. The fourth-order valence-electron chi connectivity index (χ4n) is 2.10. The Hall–Kier alpha value is -2.04. The molecule has 0 aliphatic heterocycles. The maximum absolute atomic E-state index is 11.5. The zero-order valence-electron chi connectivity index (χ0n) is 12.9. The summed E-state index contributed by atoms with van der Waals surface area (Å²) in [4.78, 5) is 11.5. The fraction of sp³-hybridized carbons (Fsp3) is 0.500. The molecule has 1 N–H and O–H groups in total. The van der Waals surface area contributed by atoms with Crippen LogP contribution in [0.5, 0.6) is 0 Å². The van der Waals surface area contributed by atoms with Crippen LogP contribution in [0, 0.1) is 0 Å². The Labute approximate surface area is 125 Å². The summed E-state index contributed by atoms with van der Waals surface area (Å²) < 4.78 is 7.18. The van der Waals surface area contributed by atoms with Crippen LogP contribution in [0.2, 0.25) is 0 Å². The Kier molecular flexibility index (Phi) is 4.83. The minimum atomic E-state index is -0.446. The van der Waals surface area contributed by atoms with Gasteiger partial charge in [-0.05, 0) is 39.7 Å². The van der Waals surface area contributed by atoms with Crippen LogP contribution >= 0.6 is 0 Å². The van der Waals surface area contributed by atoms with Crippen molar-refractivity contribution in [2.75, 3.05) is 6.54 Å². The molecule has 0 atom stereocenters. The summed E-state index contributed by atoms with van der Waals surface area (Å²) in [7, 11) is 0. The third kappa shape index (κ3) is 4.77. The van der Waals surface area contributed by atoms with Crippen molar-refractivity contribution in [3.8, 4) is 0 Å². The zero-order valence-corrected chi connectivity index (χ0v) is 12.9. The average Bonchev–Trinajstić information content (AvgIpc) is 2.80. The molecule has 2 rings (SSSR count). The second-order valence-electron chi connectivity index (χ2n) is 6.06. The van der Waals surface area contributed by atoms with Gasteiger partial charge in [-0.2, -0.15) is 5.10 Å². The number of rotatable bonds is 5. The number of aromatic nitrogens is 2. The molecule has 21 heavy (non-hydrogen) atoms. The quantitative estimate of drug-likeness (QED) is 0.859. The largest absolute Gasteiger partial charge is 0.444 e. The van der Waals surface area contributed by atoms with Gasteiger partial charge in [-0.1, -0.05) is 18.2 Å². The zero-order chi connectivity index (χ0) is 15.3. The van der Waals surface area contributed by atoms with Gasteiger partial charge in [0.15, 0.2) is 0 Å². The lowest BCUT2D eigenvalue weighted by molar-refractivity contribution is 0.0527. The van der Waals surface area contributed by atoms with E-state index >= 15 is 0 Å². The van der Waals surface area contributed by atoms with Crippen molar-refractivity contribution in [1.82, 2.24) is 15.1 Å². The second-order valence-corrected chi connectivity index (χ2v) is 6.06.